The molecule has 0 saturated carbocycles. The third-order valence-corrected chi connectivity index (χ3v) is 13.9. The van der Waals surface area contributed by atoms with E-state index in [0.29, 0.717) is 87.9 Å². The number of halogens is 4. The molecule has 6 heterocycles. The second-order valence-corrected chi connectivity index (χ2v) is 20.8. The lowest BCUT2D eigenvalue weighted by atomic mass is 10.1. The molecule has 0 bridgehead atoms. The molecule has 4 aromatic heterocycles. The Labute approximate surface area is 499 Å². The number of aliphatic hydroxyl groups excluding tert-OH is 2. The van der Waals surface area contributed by atoms with Crippen LogP contribution in [-0.4, -0.2) is 118 Å². The maximum atomic E-state index is 15.1. The van der Waals surface area contributed by atoms with Gasteiger partial charge in [-0.1, -0.05) is 13.2 Å². The van der Waals surface area contributed by atoms with Crippen LogP contribution in [0.15, 0.2) is 98.4 Å². The fourth-order valence-corrected chi connectivity index (χ4v) is 9.78. The molecule has 10 rings (SSSR count). The average Bonchev–Trinajstić information content (AvgIpc) is 1.91. The number of piperidine rings is 2. The highest BCUT2D eigenvalue weighted by Crippen LogP contribution is 2.40. The summed E-state index contributed by atoms with van der Waals surface area (Å²) in [4.78, 5) is 60.4. The van der Waals surface area contributed by atoms with Gasteiger partial charge in [0.15, 0.2) is 11.6 Å². The van der Waals surface area contributed by atoms with Gasteiger partial charge in [-0.05, 0) is 147 Å². The van der Waals surface area contributed by atoms with Gasteiger partial charge in [0.25, 0.3) is 0 Å². The van der Waals surface area contributed by atoms with Crippen molar-refractivity contribution in [2.24, 2.45) is 0 Å². The topological polar surface area (TPSA) is 275 Å². The average molecular weight is 1210 g/mol. The molecule has 22 nitrogen and oxygen atoms in total. The van der Waals surface area contributed by atoms with Crippen molar-refractivity contribution < 1.29 is 47.4 Å². The fourth-order valence-electron chi connectivity index (χ4n) is 9.78. The van der Waals surface area contributed by atoms with Crippen molar-refractivity contribution in [2.45, 2.75) is 91.5 Å². The number of hydrogen-bond donors (Lipinski definition) is 6. The van der Waals surface area contributed by atoms with E-state index in [1.54, 1.807) is 37.6 Å². The minimum Gasteiger partial charge on any atom is -0.494 e. The predicted molar refractivity (Wildman–Crippen MR) is 326 cm³/mol. The van der Waals surface area contributed by atoms with E-state index in [1.165, 1.54) is 31.5 Å². The zero-order valence-electron chi connectivity index (χ0n) is 48.8. The maximum absolute atomic E-state index is 15.1. The van der Waals surface area contributed by atoms with Crippen molar-refractivity contribution in [1.29, 1.82) is 0 Å². The van der Waals surface area contributed by atoms with Gasteiger partial charge in [0.2, 0.25) is 28.9 Å². The summed E-state index contributed by atoms with van der Waals surface area (Å²) in [6, 6.07) is 15.5. The zero-order valence-corrected chi connectivity index (χ0v) is 49.5. The number of hydrogen-bond acceptors (Lipinski definition) is 18. The lowest BCUT2D eigenvalue weighted by Gasteiger charge is -2.33. The molecule has 1 amide bonds. The van der Waals surface area contributed by atoms with E-state index in [9.17, 15) is 33.6 Å². The highest BCUT2D eigenvalue weighted by Gasteiger charge is 2.25. The van der Waals surface area contributed by atoms with Gasteiger partial charge in [-0.3, -0.25) is 19.7 Å². The second-order valence-electron chi connectivity index (χ2n) is 20.4. The summed E-state index contributed by atoms with van der Waals surface area (Å²) >= 11 is 4.71. The quantitative estimate of drug-likeness (QED) is 0.0241. The van der Waals surface area contributed by atoms with Gasteiger partial charge in [-0.15, -0.1) is 0 Å². The molecule has 0 radical (unpaired) electrons. The van der Waals surface area contributed by atoms with Gasteiger partial charge in [-0.2, -0.15) is 4.39 Å². The van der Waals surface area contributed by atoms with Crippen LogP contribution in [0.3, 0.4) is 0 Å². The first kappa shape index (κ1) is 64.5. The molecule has 2 aliphatic rings. The smallest absolute Gasteiger partial charge is 0.307 e. The van der Waals surface area contributed by atoms with Crippen LogP contribution in [-0.2, 0) is 9.59 Å². The van der Waals surface area contributed by atoms with Crippen molar-refractivity contribution >= 4 is 85.2 Å². The third-order valence-electron chi connectivity index (χ3n) is 13.8. The van der Waals surface area contributed by atoms with Gasteiger partial charge in [0, 0.05) is 66.9 Å². The van der Waals surface area contributed by atoms with E-state index in [4.69, 9.17) is 26.2 Å². The lowest BCUT2D eigenvalue weighted by molar-refractivity contribution is -0.387. The Hall–Kier alpha value is -9.04. The van der Waals surface area contributed by atoms with Crippen LogP contribution in [0.1, 0.15) is 77.1 Å². The first-order valence-corrected chi connectivity index (χ1v) is 27.8. The van der Waals surface area contributed by atoms with Crippen molar-refractivity contribution in [2.75, 3.05) is 61.2 Å². The Morgan fingerprint density at radius 2 is 1.17 bits per heavy atom. The third kappa shape index (κ3) is 15.8. The monoisotopic (exact) mass is 1200 g/mol. The molecule has 86 heavy (non-hydrogen) atoms. The molecular weight excluding hydrogens is 1140 g/mol. The summed E-state index contributed by atoms with van der Waals surface area (Å²) in [7, 11) is 2.86. The number of anilines is 6. The Morgan fingerprint density at radius 1 is 0.709 bits per heavy atom. The number of ether oxygens (including phenoxy) is 2. The minimum atomic E-state index is -1.03. The Bertz CT molecular complexity index is 3770. The molecule has 2 fully saturated rings. The van der Waals surface area contributed by atoms with Gasteiger partial charge < -0.3 is 55.0 Å². The van der Waals surface area contributed by atoms with Crippen molar-refractivity contribution in [3.63, 3.8) is 0 Å². The summed E-state index contributed by atoms with van der Waals surface area (Å²) in [6.07, 6.45) is 8.05. The number of methoxy groups -OCH3 is 2. The van der Waals surface area contributed by atoms with Gasteiger partial charge in [0.05, 0.1) is 76.5 Å². The van der Waals surface area contributed by atoms with Gasteiger partial charge >= 0.3 is 5.69 Å². The number of nitrogens with one attached hydrogen (secondary N) is 4. The number of nitro benzene ring substituents is 1. The summed E-state index contributed by atoms with van der Waals surface area (Å²) in [6.45, 7) is 21.6. The van der Waals surface area contributed by atoms with E-state index < -0.39 is 33.3 Å². The van der Waals surface area contributed by atoms with Crippen molar-refractivity contribution in [3.05, 3.63) is 138 Å². The lowest BCUT2D eigenvalue weighted by Crippen LogP contribution is -2.36. The molecule has 8 aromatic rings. The number of aryl methyl sites for hydroxylation is 2. The van der Waals surface area contributed by atoms with E-state index in [-0.39, 0.29) is 59.0 Å². The van der Waals surface area contributed by atoms with E-state index in [2.05, 4.69) is 69.2 Å². The molecular formula is C60H68ClF3N14O8. The number of nitrogens with zero attached hydrogens (tertiary/aromatic N) is 10. The molecule has 4 aromatic carbocycles. The maximum Gasteiger partial charge on any atom is 0.307 e. The summed E-state index contributed by atoms with van der Waals surface area (Å²) in [5, 5.41) is 41.5. The highest BCUT2D eigenvalue weighted by molar-refractivity contribution is 6.66. The molecule has 2 saturated heterocycles. The predicted octanol–water partition coefficient (Wildman–Crippen LogP) is 11.3. The van der Waals surface area contributed by atoms with Gasteiger partial charge in [0.1, 0.15) is 34.2 Å². The number of aromatic nitrogens is 8. The molecule has 0 spiro atoms. The molecule has 0 unspecified atom stereocenters. The van der Waals surface area contributed by atoms with Crippen LogP contribution >= 0.6 is 11.6 Å². The first-order valence-electron chi connectivity index (χ1n) is 27.4. The zero-order chi connectivity index (χ0) is 62.5. The number of benzene rings is 4. The van der Waals surface area contributed by atoms with Gasteiger partial charge in [-0.25, -0.2) is 38.7 Å². The summed E-state index contributed by atoms with van der Waals surface area (Å²) in [5.74, 6) is 0.0515. The number of imidazole rings is 2. The minimum absolute atomic E-state index is 0.0266. The van der Waals surface area contributed by atoms with Crippen molar-refractivity contribution in [1.82, 2.24) is 44.4 Å². The number of carbonyl (C=O) groups excluding carboxylic acids is 2. The largest absolute Gasteiger partial charge is 0.494 e. The fraction of sp³-hybridized carbons (Fsp3) is 0.333. The normalized spacial score (nSPS) is 13.4. The molecule has 2 aliphatic heterocycles. The standard InChI is InChI=1S/C30H34FN7O3.C22H20F2N6O3.C5H11NO.C3H3ClO/c1-6-28(40)34-23-15-24(27(41-5)16-25(23)37-11-8-20(39)9-12-37)36-30-32-10-7-22(35-30)19-13-21(31)29-26(14-19)38(17(2)3)18(4)33-29;1-11(2)29-12(3)26-21-15(24)7-13(8-19(21)29)16-5-6-25-22(27-16)28-17-10-18(30(31)32)14(23)9-20(17)33-4;7-5-1-3-6-4-2-5;1-2-3(4)5/h6-7,10,13-17,20,39H,1,8-9,11-12H2,2-5H3,(H,34,40)(H,32,35,36);5-11H,1-4H3,(H,25,27,28);5-7H,1-4H2;2H,1H2. The van der Waals surface area contributed by atoms with Crippen LogP contribution in [0.2, 0.25) is 0 Å². The summed E-state index contributed by atoms with van der Waals surface area (Å²) < 4.78 is 58.6. The molecule has 0 aliphatic carbocycles. The number of amides is 1. The second kappa shape index (κ2) is 29.2. The molecule has 6 N–H and O–H groups in total. The highest BCUT2D eigenvalue weighted by atomic mass is 35.5. The Morgan fingerprint density at radius 3 is 1.59 bits per heavy atom. The molecule has 26 heteroatoms. The molecule has 454 valence electrons. The van der Waals surface area contributed by atoms with E-state index in [0.717, 1.165) is 55.7 Å². The SMILES string of the molecule is C=CC(=O)Cl.C=CC(=O)Nc1cc(Nc2nccc(-c3cc(F)c4nc(C)n(C(C)C)c4c3)n2)c(OC)cc1N1CCC(O)CC1.COc1cc(F)c([N+](=O)[O-])cc1Nc1nccc(-c2cc(F)c3nc(C)n(C(C)C)c3c2)n1.OC1CCNCC1. The number of rotatable bonds is 15. The first-order chi connectivity index (χ1) is 41.0. The molecule has 0 atom stereocenters. The summed E-state index contributed by atoms with van der Waals surface area (Å²) in [5.41, 5.74) is 5.22. The van der Waals surface area contributed by atoms with Crippen LogP contribution < -0.4 is 35.6 Å². The number of fused-ring (bicyclic) bond motifs is 2. The number of carbonyl (C=O) groups is 2. The van der Waals surface area contributed by atoms with Crippen LogP contribution in [0.5, 0.6) is 11.5 Å². The van der Waals surface area contributed by atoms with E-state index >= 15 is 4.39 Å². The van der Waals surface area contributed by atoms with E-state index in [1.807, 2.05) is 62.8 Å². The van der Waals surface area contributed by atoms with Crippen molar-refractivity contribution in [3.8, 4) is 34.0 Å². The van der Waals surface area contributed by atoms with Crippen LogP contribution in [0.25, 0.3) is 44.6 Å². The van der Waals surface area contributed by atoms with Crippen LogP contribution in [0, 0.1) is 41.4 Å². The van der Waals surface area contributed by atoms with Crippen LogP contribution in [0.4, 0.5) is 53.5 Å². The number of allylic oxidation sites excluding steroid dienone is 1. The number of aliphatic hydroxyl groups is 2. The Balaban J connectivity index is 0.000000209. The Kier molecular flexibility index (Phi) is 21.9. The number of nitro groups is 1.